The zero-order valence-corrected chi connectivity index (χ0v) is 21.0. The first kappa shape index (κ1) is 27.1. The van der Waals surface area contributed by atoms with Crippen molar-refractivity contribution < 1.29 is 22.0 Å². The third-order valence-corrected chi connectivity index (χ3v) is 8.03. The molecule has 3 rings (SSSR count). The van der Waals surface area contributed by atoms with Crippen LogP contribution in [0.3, 0.4) is 0 Å². The maximum absolute atomic E-state index is 14.2. The lowest BCUT2D eigenvalue weighted by Crippen LogP contribution is -2.38. The van der Waals surface area contributed by atoms with Gasteiger partial charge in [-0.1, -0.05) is 32.1 Å². The summed E-state index contributed by atoms with van der Waals surface area (Å²) in [5.41, 5.74) is 0.293. The number of fused-ring (bicyclic) bond motifs is 1. The molecule has 0 radical (unpaired) electrons. The Bertz CT molecular complexity index is 1210. The molecule has 0 saturated heterocycles. The Labute approximate surface area is 202 Å². The number of benzene rings is 2. The predicted octanol–water partition coefficient (Wildman–Crippen LogP) is 4.78. The standard InChI is InChI=1S/C22H25F2N3O3S2.ClH/c1-4-26(5-2)11-12-27(22-25-20-18(24)13-16(23)14-19(20)31-22)21(28)15-7-9-17(10-8-15)32(29,30)6-3;/h7-10,13-14H,4-6,11-12H2,1-3H3;1H. The van der Waals surface area contributed by atoms with Crippen LogP contribution in [0, 0.1) is 11.6 Å². The topological polar surface area (TPSA) is 70.6 Å². The monoisotopic (exact) mass is 517 g/mol. The molecule has 0 N–H and O–H groups in total. The van der Waals surface area contributed by atoms with E-state index in [1.807, 2.05) is 13.8 Å². The summed E-state index contributed by atoms with van der Waals surface area (Å²) in [4.78, 5) is 21.3. The van der Waals surface area contributed by atoms with Gasteiger partial charge in [-0.05, 0) is 43.4 Å². The molecule has 0 spiro atoms. The molecule has 0 aliphatic carbocycles. The minimum absolute atomic E-state index is 0. The minimum atomic E-state index is -3.39. The molecule has 0 atom stereocenters. The van der Waals surface area contributed by atoms with Crippen molar-refractivity contribution in [1.82, 2.24) is 9.88 Å². The lowest BCUT2D eigenvalue weighted by molar-refractivity contribution is 0.0983. The highest BCUT2D eigenvalue weighted by Gasteiger charge is 2.24. The number of aromatic nitrogens is 1. The van der Waals surface area contributed by atoms with E-state index in [-0.39, 0.29) is 39.3 Å². The van der Waals surface area contributed by atoms with Crippen LogP contribution in [0.1, 0.15) is 31.1 Å². The van der Waals surface area contributed by atoms with E-state index >= 15 is 0 Å². The fraction of sp³-hybridized carbons (Fsp3) is 0.364. The zero-order valence-electron chi connectivity index (χ0n) is 18.5. The molecule has 2 aromatic carbocycles. The summed E-state index contributed by atoms with van der Waals surface area (Å²) in [6.45, 7) is 8.02. The summed E-state index contributed by atoms with van der Waals surface area (Å²) >= 11 is 1.03. The van der Waals surface area contributed by atoms with Crippen molar-refractivity contribution in [2.24, 2.45) is 0 Å². The largest absolute Gasteiger partial charge is 0.302 e. The van der Waals surface area contributed by atoms with Crippen LogP contribution in [-0.2, 0) is 9.84 Å². The van der Waals surface area contributed by atoms with Gasteiger partial charge in [0.05, 0.1) is 15.3 Å². The van der Waals surface area contributed by atoms with Crippen LogP contribution in [0.2, 0.25) is 0 Å². The van der Waals surface area contributed by atoms with Crippen molar-refractivity contribution in [1.29, 1.82) is 0 Å². The van der Waals surface area contributed by atoms with Crippen LogP contribution in [0.5, 0.6) is 0 Å². The van der Waals surface area contributed by atoms with Crippen molar-refractivity contribution in [2.45, 2.75) is 25.7 Å². The van der Waals surface area contributed by atoms with Gasteiger partial charge in [0.2, 0.25) is 0 Å². The number of rotatable bonds is 9. The second-order valence-electron chi connectivity index (χ2n) is 7.14. The molecule has 0 aliphatic heterocycles. The highest BCUT2D eigenvalue weighted by Crippen LogP contribution is 2.32. The summed E-state index contributed by atoms with van der Waals surface area (Å²) in [6.07, 6.45) is 0. The number of sulfone groups is 1. The smallest absolute Gasteiger partial charge is 0.260 e. The minimum Gasteiger partial charge on any atom is -0.302 e. The molecule has 11 heteroatoms. The number of amides is 1. The van der Waals surface area contributed by atoms with E-state index in [1.165, 1.54) is 35.2 Å². The van der Waals surface area contributed by atoms with Crippen LogP contribution >= 0.6 is 23.7 Å². The van der Waals surface area contributed by atoms with Crippen molar-refractivity contribution in [2.75, 3.05) is 36.8 Å². The van der Waals surface area contributed by atoms with Crippen molar-refractivity contribution in [3.63, 3.8) is 0 Å². The number of hydrogen-bond acceptors (Lipinski definition) is 6. The van der Waals surface area contributed by atoms with Crippen LogP contribution in [0.15, 0.2) is 41.3 Å². The highest BCUT2D eigenvalue weighted by atomic mass is 35.5. The molecule has 1 heterocycles. The van der Waals surface area contributed by atoms with Gasteiger partial charge in [0, 0.05) is 24.7 Å². The van der Waals surface area contributed by atoms with E-state index in [2.05, 4.69) is 9.88 Å². The molecule has 6 nitrogen and oxygen atoms in total. The second kappa shape index (κ2) is 11.3. The fourth-order valence-corrected chi connectivity index (χ4v) is 5.17. The van der Waals surface area contributed by atoms with Gasteiger partial charge in [0.1, 0.15) is 11.3 Å². The summed E-state index contributed by atoms with van der Waals surface area (Å²) in [6, 6.07) is 7.69. The van der Waals surface area contributed by atoms with E-state index in [9.17, 15) is 22.0 Å². The van der Waals surface area contributed by atoms with Gasteiger partial charge < -0.3 is 4.90 Å². The lowest BCUT2D eigenvalue weighted by Gasteiger charge is -2.24. The molecule has 0 bridgehead atoms. The molecule has 0 aliphatic rings. The molecular weight excluding hydrogens is 492 g/mol. The molecule has 33 heavy (non-hydrogen) atoms. The van der Waals surface area contributed by atoms with E-state index in [0.29, 0.717) is 17.8 Å². The third kappa shape index (κ3) is 6.06. The number of carbonyl (C=O) groups excluding carboxylic acids is 1. The molecule has 180 valence electrons. The zero-order chi connectivity index (χ0) is 23.5. The number of hydrogen-bond donors (Lipinski definition) is 0. The summed E-state index contributed by atoms with van der Waals surface area (Å²) < 4.78 is 52.3. The maximum Gasteiger partial charge on any atom is 0.260 e. The molecule has 1 amide bonds. The Morgan fingerprint density at radius 2 is 1.67 bits per heavy atom. The predicted molar refractivity (Wildman–Crippen MR) is 130 cm³/mol. The van der Waals surface area contributed by atoms with Gasteiger partial charge in [0.15, 0.2) is 20.8 Å². The SMILES string of the molecule is CCN(CC)CCN(C(=O)c1ccc(S(=O)(=O)CC)cc1)c1nc2c(F)cc(F)cc2s1.Cl. The first-order chi connectivity index (χ1) is 15.2. The van der Waals surface area contributed by atoms with E-state index in [0.717, 1.165) is 30.5 Å². The number of anilines is 1. The molecule has 0 unspecified atom stereocenters. The molecule has 3 aromatic rings. The highest BCUT2D eigenvalue weighted by molar-refractivity contribution is 7.91. The average molecular weight is 518 g/mol. The van der Waals surface area contributed by atoms with Crippen LogP contribution in [-0.4, -0.2) is 56.1 Å². The van der Waals surface area contributed by atoms with Crippen molar-refractivity contribution >= 4 is 54.8 Å². The molecular formula is C22H26ClF2N3O3S2. The van der Waals surface area contributed by atoms with Crippen LogP contribution in [0.4, 0.5) is 13.9 Å². The Hall–Kier alpha value is -2.14. The maximum atomic E-state index is 14.2. The Morgan fingerprint density at radius 1 is 1.03 bits per heavy atom. The Balaban J connectivity index is 0.00000385. The first-order valence-electron chi connectivity index (χ1n) is 10.3. The van der Waals surface area contributed by atoms with Gasteiger partial charge in [-0.2, -0.15) is 0 Å². The third-order valence-electron chi connectivity index (χ3n) is 5.25. The average Bonchev–Trinajstić information content (AvgIpc) is 3.20. The van der Waals surface area contributed by atoms with E-state index in [1.54, 1.807) is 6.92 Å². The number of halogens is 3. The normalized spacial score (nSPS) is 11.6. The molecule has 0 saturated carbocycles. The van der Waals surface area contributed by atoms with E-state index in [4.69, 9.17) is 0 Å². The van der Waals surface area contributed by atoms with Gasteiger partial charge in [-0.15, -0.1) is 12.4 Å². The molecule has 1 aromatic heterocycles. The molecule has 0 fully saturated rings. The van der Waals surface area contributed by atoms with Crippen LogP contribution < -0.4 is 4.90 Å². The first-order valence-corrected chi connectivity index (χ1v) is 12.8. The van der Waals surface area contributed by atoms with Gasteiger partial charge >= 0.3 is 0 Å². The summed E-state index contributed by atoms with van der Waals surface area (Å²) in [5.74, 6) is -1.92. The number of nitrogens with zero attached hydrogens (tertiary/aromatic N) is 3. The quantitative estimate of drug-likeness (QED) is 0.408. The lowest BCUT2D eigenvalue weighted by atomic mass is 10.2. The van der Waals surface area contributed by atoms with Gasteiger partial charge in [-0.25, -0.2) is 22.2 Å². The second-order valence-corrected chi connectivity index (χ2v) is 10.4. The van der Waals surface area contributed by atoms with Crippen LogP contribution in [0.25, 0.3) is 10.2 Å². The van der Waals surface area contributed by atoms with Crippen molar-refractivity contribution in [3.05, 3.63) is 53.6 Å². The fourth-order valence-electron chi connectivity index (χ4n) is 3.25. The van der Waals surface area contributed by atoms with Gasteiger partial charge in [0.25, 0.3) is 5.91 Å². The number of likely N-dealkylation sites (N-methyl/N-ethyl adjacent to an activating group) is 1. The Kier molecular flexibility index (Phi) is 9.30. The van der Waals surface area contributed by atoms with Gasteiger partial charge in [-0.3, -0.25) is 9.69 Å². The van der Waals surface area contributed by atoms with E-state index < -0.39 is 27.4 Å². The summed E-state index contributed by atoms with van der Waals surface area (Å²) in [5, 5.41) is 0.256. The Morgan fingerprint density at radius 3 is 2.24 bits per heavy atom. The number of carbonyl (C=O) groups is 1. The summed E-state index contributed by atoms with van der Waals surface area (Å²) in [7, 11) is -3.39. The van der Waals surface area contributed by atoms with Crippen molar-refractivity contribution in [3.8, 4) is 0 Å². The number of thiazole rings is 1.